The lowest BCUT2D eigenvalue weighted by atomic mass is 10.0. The van der Waals surface area contributed by atoms with E-state index in [2.05, 4.69) is 0 Å². The largest absolute Gasteiger partial charge is 0.533 e. The minimum atomic E-state index is -3.82. The lowest BCUT2D eigenvalue weighted by molar-refractivity contribution is 0.169. The van der Waals surface area contributed by atoms with Gasteiger partial charge < -0.3 is 13.6 Å². The zero-order chi connectivity index (χ0) is 17.4. The number of hydrogen-bond acceptors (Lipinski definition) is 3. The van der Waals surface area contributed by atoms with Gasteiger partial charge in [-0.05, 0) is 11.6 Å². The molecule has 0 aromatic heterocycles. The van der Waals surface area contributed by atoms with Crippen LogP contribution in [0.3, 0.4) is 0 Å². The van der Waals surface area contributed by atoms with E-state index in [1.807, 2.05) is 0 Å². The second kappa shape index (κ2) is 6.36. The average Bonchev–Trinajstić information content (AvgIpc) is 2.58. The summed E-state index contributed by atoms with van der Waals surface area (Å²) in [6.45, 7) is 0. The van der Waals surface area contributed by atoms with Gasteiger partial charge in [0, 0.05) is 19.4 Å². The minimum Gasteiger partial charge on any atom is -0.386 e. The molecule has 0 radical (unpaired) electrons. The van der Waals surface area contributed by atoms with Crippen LogP contribution < -0.4 is 5.19 Å². The van der Waals surface area contributed by atoms with Gasteiger partial charge in [0.2, 0.25) is 5.82 Å². The van der Waals surface area contributed by atoms with Gasteiger partial charge in [-0.2, -0.15) is 0 Å². The molecule has 0 bridgehead atoms. The van der Waals surface area contributed by atoms with Gasteiger partial charge >= 0.3 is 8.80 Å². The summed E-state index contributed by atoms with van der Waals surface area (Å²) in [4.78, 5) is 10.2. The summed E-state index contributed by atoms with van der Waals surface area (Å²) in [7, 11) is -1.48. The van der Waals surface area contributed by atoms with E-state index in [0.29, 0.717) is 0 Å². The third-order valence-electron chi connectivity index (χ3n) is 3.28. The highest BCUT2D eigenvalue weighted by Gasteiger charge is 2.38. The number of hydrogen-bond donors (Lipinski definition) is 1. The Bertz CT molecular complexity index is 720. The summed E-state index contributed by atoms with van der Waals surface area (Å²) in [5.41, 5.74) is -1.40. The molecule has 0 spiro atoms. The predicted octanol–water partition coefficient (Wildman–Crippen LogP) is 2.48. The van der Waals surface area contributed by atoms with Crippen molar-refractivity contribution in [1.29, 1.82) is 0 Å². The topological polar surface area (TPSA) is 38.7 Å². The highest BCUT2D eigenvalue weighted by molar-refractivity contribution is 6.74. The molecule has 0 saturated heterocycles. The molecule has 9 heteroatoms. The van der Waals surface area contributed by atoms with Crippen molar-refractivity contribution in [2.75, 3.05) is 14.2 Å². The number of benzene rings is 2. The van der Waals surface area contributed by atoms with Crippen LogP contribution in [0.15, 0.2) is 24.3 Å². The maximum atomic E-state index is 13.8. The third kappa shape index (κ3) is 2.88. The molecule has 2 aromatic rings. The van der Waals surface area contributed by atoms with Crippen LogP contribution in [0, 0.1) is 29.1 Å². The van der Waals surface area contributed by atoms with Crippen LogP contribution >= 0.6 is 0 Å². The Morgan fingerprint density at radius 3 is 1.78 bits per heavy atom. The molecule has 23 heavy (non-hydrogen) atoms. The molecule has 0 saturated carbocycles. The Balaban J connectivity index is 2.70. The molecule has 0 aliphatic heterocycles. The summed E-state index contributed by atoms with van der Waals surface area (Å²) in [6.07, 6.45) is 0. The zero-order valence-corrected chi connectivity index (χ0v) is 13.0. The monoisotopic (exact) mass is 350 g/mol. The van der Waals surface area contributed by atoms with Crippen molar-refractivity contribution in [3.05, 3.63) is 53.4 Å². The molecule has 3 nitrogen and oxygen atoms in total. The third-order valence-corrected chi connectivity index (χ3v) is 5.43. The van der Waals surface area contributed by atoms with Crippen LogP contribution in [0.2, 0.25) is 0 Å². The van der Waals surface area contributed by atoms with Crippen molar-refractivity contribution in [3.8, 4) is 11.1 Å². The normalized spacial score (nSPS) is 11.8. The molecule has 124 valence electrons. The van der Waals surface area contributed by atoms with E-state index in [1.165, 1.54) is 26.4 Å². The van der Waals surface area contributed by atoms with Crippen LogP contribution in [-0.4, -0.2) is 27.8 Å². The fraction of sp³-hybridized carbons (Fsp3) is 0.143. The lowest BCUT2D eigenvalue weighted by Gasteiger charge is -2.20. The first kappa shape index (κ1) is 17.5. The predicted molar refractivity (Wildman–Crippen MR) is 73.3 cm³/mol. The van der Waals surface area contributed by atoms with E-state index in [1.54, 1.807) is 0 Å². The molecule has 0 atom stereocenters. The second-order valence-electron chi connectivity index (χ2n) is 4.52. The van der Waals surface area contributed by atoms with Gasteiger partial charge in [-0.15, -0.1) is 0 Å². The molecule has 2 aromatic carbocycles. The fourth-order valence-corrected chi connectivity index (χ4v) is 3.33. The van der Waals surface area contributed by atoms with Crippen LogP contribution in [0.5, 0.6) is 0 Å². The van der Waals surface area contributed by atoms with Gasteiger partial charge in [0.25, 0.3) is 0 Å². The molecule has 0 aliphatic rings. The Labute approximate surface area is 129 Å². The van der Waals surface area contributed by atoms with Crippen molar-refractivity contribution in [3.63, 3.8) is 0 Å². The van der Waals surface area contributed by atoms with Gasteiger partial charge in [0.1, 0.15) is 0 Å². The highest BCUT2D eigenvalue weighted by atomic mass is 28.4. The summed E-state index contributed by atoms with van der Waals surface area (Å²) in [6, 6.07) is 4.83. The minimum absolute atomic E-state index is 0.0453. The van der Waals surface area contributed by atoms with Crippen molar-refractivity contribution >= 4 is 14.0 Å². The fourth-order valence-electron chi connectivity index (χ4n) is 2.05. The van der Waals surface area contributed by atoms with Gasteiger partial charge in [-0.1, -0.05) is 18.2 Å². The SMILES string of the molecule is CO[Si](O)(OC)c1cccc(-c2c(F)c(F)c(F)c(F)c2F)c1. The van der Waals surface area contributed by atoms with Gasteiger partial charge in [0.15, 0.2) is 23.3 Å². The van der Waals surface area contributed by atoms with Gasteiger partial charge in [-0.25, -0.2) is 22.0 Å². The molecule has 1 N–H and O–H groups in total. The van der Waals surface area contributed by atoms with E-state index >= 15 is 0 Å². The number of rotatable bonds is 4. The van der Waals surface area contributed by atoms with E-state index in [0.717, 1.165) is 12.1 Å². The first-order chi connectivity index (χ1) is 10.8. The van der Waals surface area contributed by atoms with Gasteiger partial charge in [0.05, 0.1) is 5.56 Å². The molecule has 0 aliphatic carbocycles. The Morgan fingerprint density at radius 1 is 0.826 bits per heavy atom. The smallest absolute Gasteiger partial charge is 0.386 e. The van der Waals surface area contributed by atoms with Crippen molar-refractivity contribution in [2.24, 2.45) is 0 Å². The Morgan fingerprint density at radius 2 is 1.30 bits per heavy atom. The molecule has 2 rings (SSSR count). The lowest BCUT2D eigenvalue weighted by Crippen LogP contribution is -2.52. The molecule has 0 amide bonds. The molecular weight excluding hydrogens is 339 g/mol. The zero-order valence-electron chi connectivity index (χ0n) is 12.0. The van der Waals surface area contributed by atoms with E-state index < -0.39 is 43.5 Å². The van der Waals surface area contributed by atoms with E-state index in [-0.39, 0.29) is 10.8 Å². The van der Waals surface area contributed by atoms with Crippen molar-refractivity contribution in [2.45, 2.75) is 0 Å². The van der Waals surface area contributed by atoms with Crippen LogP contribution in [0.25, 0.3) is 11.1 Å². The first-order valence-corrected chi connectivity index (χ1v) is 7.98. The summed E-state index contributed by atoms with van der Waals surface area (Å²) in [5.74, 6) is -10.2. The van der Waals surface area contributed by atoms with E-state index in [9.17, 15) is 26.7 Å². The van der Waals surface area contributed by atoms with Crippen LogP contribution in [0.1, 0.15) is 0 Å². The Kier molecular flexibility index (Phi) is 4.85. The Hall–Kier alpha value is -1.81. The van der Waals surface area contributed by atoms with Crippen LogP contribution in [0.4, 0.5) is 22.0 Å². The first-order valence-electron chi connectivity index (χ1n) is 6.21. The summed E-state index contributed by atoms with van der Waals surface area (Å²) in [5, 5.41) is 0.0453. The molecule has 0 unspecified atom stereocenters. The quantitative estimate of drug-likeness (QED) is 0.399. The molecule has 0 heterocycles. The van der Waals surface area contributed by atoms with Gasteiger partial charge in [-0.3, -0.25) is 0 Å². The maximum Gasteiger partial charge on any atom is 0.533 e. The highest BCUT2D eigenvalue weighted by Crippen LogP contribution is 2.31. The average molecular weight is 350 g/mol. The van der Waals surface area contributed by atoms with Crippen LogP contribution in [-0.2, 0) is 8.85 Å². The molecule has 0 fully saturated rings. The maximum absolute atomic E-state index is 13.8. The van der Waals surface area contributed by atoms with Crippen molar-refractivity contribution in [1.82, 2.24) is 0 Å². The number of halogens is 5. The van der Waals surface area contributed by atoms with Crippen molar-refractivity contribution < 1.29 is 35.6 Å². The second-order valence-corrected chi connectivity index (χ2v) is 7.07. The standard InChI is InChI=1S/C14H11F5O3Si/c1-21-23(20,22-2)8-5-3-4-7(6-8)9-10(15)12(17)14(19)13(18)11(9)16/h3-6,20H,1-2H3. The summed E-state index contributed by atoms with van der Waals surface area (Å²) < 4.78 is 77.1. The summed E-state index contributed by atoms with van der Waals surface area (Å²) >= 11 is 0. The molecular formula is C14H11F5O3Si. The van der Waals surface area contributed by atoms with E-state index in [4.69, 9.17) is 8.85 Å².